The lowest BCUT2D eigenvalue weighted by molar-refractivity contribution is -0.912. The molecule has 1 heterocycles. The number of likely N-dealkylation sites (tertiary alicyclic amines) is 1. The largest absolute Gasteiger partial charge is 1.00 e. The minimum absolute atomic E-state index is 0. The maximum Gasteiger partial charge on any atom is 0.0876 e. The van der Waals surface area contributed by atoms with E-state index in [1.807, 2.05) is 4.90 Å². The molecule has 2 heteroatoms. The molecule has 0 bridgehead atoms. The molecule has 18 heavy (non-hydrogen) atoms. The minimum Gasteiger partial charge on any atom is -1.00 e. The lowest BCUT2D eigenvalue weighted by Gasteiger charge is -2.21. The first-order valence-corrected chi connectivity index (χ1v) is 8.23. The van der Waals surface area contributed by atoms with Gasteiger partial charge in [-0.25, -0.2) is 0 Å². The molecule has 2 unspecified atom stereocenters. The zero-order valence-corrected chi connectivity index (χ0v) is 13.4. The van der Waals surface area contributed by atoms with E-state index in [9.17, 15) is 0 Å². The highest BCUT2D eigenvalue weighted by Crippen LogP contribution is 2.08. The summed E-state index contributed by atoms with van der Waals surface area (Å²) in [7, 11) is 0. The average molecular weight is 276 g/mol. The molecule has 0 saturated carbocycles. The van der Waals surface area contributed by atoms with E-state index < -0.39 is 0 Å². The fraction of sp³-hybridized carbons (Fsp3) is 1.00. The highest BCUT2D eigenvalue weighted by molar-refractivity contribution is 4.61. The van der Waals surface area contributed by atoms with Gasteiger partial charge < -0.3 is 17.3 Å². The van der Waals surface area contributed by atoms with Gasteiger partial charge >= 0.3 is 0 Å². The Morgan fingerprint density at radius 3 is 2.22 bits per heavy atom. The number of unbranched alkanes of at least 4 members (excludes halogenated alkanes) is 6. The van der Waals surface area contributed by atoms with E-state index in [1.165, 1.54) is 83.7 Å². The van der Waals surface area contributed by atoms with Crippen LogP contribution in [-0.4, -0.2) is 19.1 Å². The fourth-order valence-corrected chi connectivity index (χ4v) is 3.32. The Kier molecular flexibility index (Phi) is 12.5. The molecule has 0 aromatic heterocycles. The lowest BCUT2D eigenvalue weighted by Crippen LogP contribution is -3.13. The van der Waals surface area contributed by atoms with Crippen LogP contribution in [0.15, 0.2) is 0 Å². The van der Waals surface area contributed by atoms with Gasteiger partial charge in [-0.3, -0.25) is 0 Å². The summed E-state index contributed by atoms with van der Waals surface area (Å²) in [5, 5.41) is 0. The van der Waals surface area contributed by atoms with Gasteiger partial charge in [0.25, 0.3) is 0 Å². The molecule has 1 saturated heterocycles. The predicted octanol–water partition coefficient (Wildman–Crippen LogP) is 0.588. The van der Waals surface area contributed by atoms with Gasteiger partial charge in [-0.05, 0) is 19.3 Å². The Hall–Kier alpha value is 0.250. The summed E-state index contributed by atoms with van der Waals surface area (Å²) >= 11 is 0. The van der Waals surface area contributed by atoms with Crippen LogP contribution in [0.1, 0.15) is 84.5 Å². The molecule has 0 aromatic carbocycles. The molecule has 0 radical (unpaired) electrons. The highest BCUT2D eigenvalue weighted by atomic mass is 35.5. The zero-order chi connectivity index (χ0) is 12.3. The summed E-state index contributed by atoms with van der Waals surface area (Å²) < 4.78 is 0. The number of hydrogen-bond donors (Lipinski definition) is 1. The van der Waals surface area contributed by atoms with Crippen LogP contribution in [0.25, 0.3) is 0 Å². The number of rotatable bonds is 10. The van der Waals surface area contributed by atoms with Crippen molar-refractivity contribution in [2.45, 2.75) is 90.5 Å². The molecule has 0 spiro atoms. The van der Waals surface area contributed by atoms with Gasteiger partial charge in [-0.1, -0.05) is 52.4 Å². The normalized spacial score (nSPS) is 23.0. The van der Waals surface area contributed by atoms with Gasteiger partial charge in [0, 0.05) is 12.8 Å². The molecule has 1 aliphatic heterocycles. The molecule has 110 valence electrons. The van der Waals surface area contributed by atoms with Crippen LogP contribution in [0.4, 0.5) is 0 Å². The zero-order valence-electron chi connectivity index (χ0n) is 12.6. The van der Waals surface area contributed by atoms with Crippen molar-refractivity contribution in [3.8, 4) is 0 Å². The second-order valence-electron chi connectivity index (χ2n) is 5.91. The van der Waals surface area contributed by atoms with Gasteiger partial charge in [-0.15, -0.1) is 0 Å². The second kappa shape index (κ2) is 12.3. The van der Waals surface area contributed by atoms with Gasteiger partial charge in [0.2, 0.25) is 0 Å². The maximum absolute atomic E-state index is 2.34. The van der Waals surface area contributed by atoms with E-state index >= 15 is 0 Å². The van der Waals surface area contributed by atoms with Crippen LogP contribution >= 0.6 is 0 Å². The first kappa shape index (κ1) is 18.2. The number of hydrogen-bond acceptors (Lipinski definition) is 0. The molecule has 0 aromatic rings. The molecule has 2 atom stereocenters. The van der Waals surface area contributed by atoms with Crippen molar-refractivity contribution in [3.05, 3.63) is 0 Å². The molecule has 1 N–H and O–H groups in total. The predicted molar refractivity (Wildman–Crippen MR) is 76.6 cm³/mol. The van der Waals surface area contributed by atoms with Crippen molar-refractivity contribution >= 4 is 0 Å². The van der Waals surface area contributed by atoms with E-state index in [0.717, 1.165) is 6.04 Å². The first-order chi connectivity index (χ1) is 8.38. The summed E-state index contributed by atoms with van der Waals surface area (Å²) in [6.07, 6.45) is 16.0. The fourth-order valence-electron chi connectivity index (χ4n) is 3.32. The molecular weight excluding hydrogens is 242 g/mol. The number of nitrogens with one attached hydrogen (secondary N) is 1. The smallest absolute Gasteiger partial charge is 0.0876 e. The molecule has 0 aliphatic carbocycles. The highest BCUT2D eigenvalue weighted by Gasteiger charge is 2.26. The van der Waals surface area contributed by atoms with Gasteiger partial charge in [0.15, 0.2) is 0 Å². The van der Waals surface area contributed by atoms with Crippen molar-refractivity contribution in [2.24, 2.45) is 0 Å². The Balaban J connectivity index is 0.00000289. The van der Waals surface area contributed by atoms with E-state index in [4.69, 9.17) is 0 Å². The van der Waals surface area contributed by atoms with E-state index in [-0.39, 0.29) is 12.4 Å². The summed E-state index contributed by atoms with van der Waals surface area (Å²) in [5.41, 5.74) is 0. The monoisotopic (exact) mass is 275 g/mol. The van der Waals surface area contributed by atoms with Crippen LogP contribution < -0.4 is 17.3 Å². The Labute approximate surface area is 121 Å². The first-order valence-electron chi connectivity index (χ1n) is 8.23. The Morgan fingerprint density at radius 1 is 0.889 bits per heavy atom. The minimum atomic E-state index is 0. The van der Waals surface area contributed by atoms with Crippen LogP contribution in [0, 0.1) is 0 Å². The third kappa shape index (κ3) is 7.63. The van der Waals surface area contributed by atoms with Crippen LogP contribution in [-0.2, 0) is 0 Å². The topological polar surface area (TPSA) is 4.44 Å². The quantitative estimate of drug-likeness (QED) is 0.557. The van der Waals surface area contributed by atoms with Crippen molar-refractivity contribution in [3.63, 3.8) is 0 Å². The van der Waals surface area contributed by atoms with Crippen molar-refractivity contribution in [2.75, 3.05) is 13.1 Å². The molecular formula is C16H34ClN. The van der Waals surface area contributed by atoms with Crippen molar-refractivity contribution in [1.82, 2.24) is 0 Å². The van der Waals surface area contributed by atoms with Gasteiger partial charge in [0.1, 0.15) is 0 Å². The summed E-state index contributed by atoms with van der Waals surface area (Å²) in [6.45, 7) is 7.55. The van der Waals surface area contributed by atoms with Crippen LogP contribution in [0.2, 0.25) is 0 Å². The second-order valence-corrected chi connectivity index (χ2v) is 5.91. The summed E-state index contributed by atoms with van der Waals surface area (Å²) in [5.74, 6) is 0. The SMILES string of the molecule is CCCCCCCCC[NH+]1CCCC1CCC.[Cl-]. The Morgan fingerprint density at radius 2 is 1.56 bits per heavy atom. The number of quaternary nitrogens is 1. The number of halogens is 1. The summed E-state index contributed by atoms with van der Waals surface area (Å²) in [6, 6.07) is 1.01. The van der Waals surface area contributed by atoms with E-state index in [0.29, 0.717) is 0 Å². The van der Waals surface area contributed by atoms with Gasteiger partial charge in [0.05, 0.1) is 19.1 Å². The third-order valence-corrected chi connectivity index (χ3v) is 4.37. The van der Waals surface area contributed by atoms with Crippen molar-refractivity contribution < 1.29 is 17.3 Å². The molecule has 1 fully saturated rings. The van der Waals surface area contributed by atoms with Gasteiger partial charge in [-0.2, -0.15) is 0 Å². The molecule has 1 rings (SSSR count). The maximum atomic E-state index is 2.34. The third-order valence-electron chi connectivity index (χ3n) is 4.37. The lowest BCUT2D eigenvalue weighted by atomic mass is 10.1. The standard InChI is InChI=1S/C16H33N.ClH/c1-3-5-6-7-8-9-10-14-17-15-11-13-16(17)12-4-2;/h16H,3-15H2,1-2H3;1H. The molecule has 1 nitrogen and oxygen atoms in total. The van der Waals surface area contributed by atoms with E-state index in [1.54, 1.807) is 0 Å². The molecule has 1 aliphatic rings. The van der Waals surface area contributed by atoms with Crippen molar-refractivity contribution in [1.29, 1.82) is 0 Å². The summed E-state index contributed by atoms with van der Waals surface area (Å²) in [4.78, 5) is 1.93. The van der Waals surface area contributed by atoms with Crippen LogP contribution in [0.3, 0.4) is 0 Å². The van der Waals surface area contributed by atoms with Crippen LogP contribution in [0.5, 0.6) is 0 Å². The Bertz CT molecular complexity index is 172. The van der Waals surface area contributed by atoms with E-state index in [2.05, 4.69) is 13.8 Å². The average Bonchev–Trinajstić information content (AvgIpc) is 2.76. The molecule has 0 amide bonds.